The fraction of sp³-hybridized carbons (Fsp3) is 0.182. The Morgan fingerprint density at radius 2 is 1.85 bits per heavy atom. The number of hydrogen-bond acceptors (Lipinski definition) is 1. The first-order valence-corrected chi connectivity index (χ1v) is 4.32. The number of rotatable bonds is 1. The molecule has 0 radical (unpaired) electrons. The molecule has 0 aliphatic rings. The molecule has 1 heterocycles. The minimum absolute atomic E-state index is 1.01. The van der Waals surface area contributed by atoms with E-state index < -0.39 is 0 Å². The Bertz CT molecular complexity index is 398. The van der Waals surface area contributed by atoms with Crippen molar-refractivity contribution >= 4 is 0 Å². The van der Waals surface area contributed by atoms with Gasteiger partial charge in [0, 0.05) is 25.0 Å². The molecule has 0 saturated heterocycles. The van der Waals surface area contributed by atoms with Crippen molar-refractivity contribution in [3.05, 3.63) is 42.2 Å². The van der Waals surface area contributed by atoms with E-state index in [0.29, 0.717) is 0 Å². The Balaban J connectivity index is 2.47. The van der Waals surface area contributed by atoms with E-state index in [4.69, 9.17) is 0 Å². The zero-order chi connectivity index (χ0) is 9.26. The zero-order valence-electron chi connectivity index (χ0n) is 7.86. The number of nitrogens with zero attached hydrogens (tertiary/aromatic N) is 2. The summed E-state index contributed by atoms with van der Waals surface area (Å²) in [4.78, 5) is 4.28. The maximum atomic E-state index is 4.28. The summed E-state index contributed by atoms with van der Waals surface area (Å²) in [6.45, 7) is 2.09. The largest absolute Gasteiger partial charge is 0.334 e. The van der Waals surface area contributed by atoms with Crippen molar-refractivity contribution in [1.82, 2.24) is 9.55 Å². The summed E-state index contributed by atoms with van der Waals surface area (Å²) in [5, 5.41) is 0. The Labute approximate surface area is 77.9 Å². The standard InChI is InChI=1S/C11H12N2/c1-9-3-5-10(6-4-9)11-12-7-8-13(11)2/h3-8H,1-2H3. The van der Waals surface area contributed by atoms with Crippen molar-refractivity contribution in [1.29, 1.82) is 0 Å². The molecule has 0 fully saturated rings. The molecule has 2 aromatic rings. The van der Waals surface area contributed by atoms with E-state index >= 15 is 0 Å². The van der Waals surface area contributed by atoms with E-state index in [1.54, 1.807) is 0 Å². The molecule has 66 valence electrons. The second-order valence-corrected chi connectivity index (χ2v) is 3.23. The second kappa shape index (κ2) is 3.05. The maximum absolute atomic E-state index is 4.28. The highest BCUT2D eigenvalue weighted by atomic mass is 15.0. The third kappa shape index (κ3) is 1.47. The van der Waals surface area contributed by atoms with Crippen molar-refractivity contribution in [2.75, 3.05) is 0 Å². The smallest absolute Gasteiger partial charge is 0.139 e. The molecule has 0 spiro atoms. The highest BCUT2D eigenvalue weighted by Crippen LogP contribution is 2.16. The van der Waals surface area contributed by atoms with E-state index in [0.717, 1.165) is 11.4 Å². The SMILES string of the molecule is Cc1ccc(-c2nccn2C)cc1. The normalized spacial score (nSPS) is 10.3. The van der Waals surface area contributed by atoms with Gasteiger partial charge in [-0.15, -0.1) is 0 Å². The van der Waals surface area contributed by atoms with Gasteiger partial charge in [-0.25, -0.2) is 4.98 Å². The molecule has 1 aromatic carbocycles. The van der Waals surface area contributed by atoms with Crippen LogP contribution in [0.1, 0.15) is 5.56 Å². The topological polar surface area (TPSA) is 17.8 Å². The Morgan fingerprint density at radius 3 is 2.38 bits per heavy atom. The molecule has 0 unspecified atom stereocenters. The van der Waals surface area contributed by atoms with Crippen molar-refractivity contribution in [2.45, 2.75) is 6.92 Å². The van der Waals surface area contributed by atoms with Crippen LogP contribution in [0.25, 0.3) is 11.4 Å². The van der Waals surface area contributed by atoms with Gasteiger partial charge in [-0.2, -0.15) is 0 Å². The van der Waals surface area contributed by atoms with Gasteiger partial charge < -0.3 is 4.57 Å². The number of imidazole rings is 1. The molecule has 13 heavy (non-hydrogen) atoms. The molecule has 2 heteroatoms. The van der Waals surface area contributed by atoms with E-state index in [1.165, 1.54) is 5.56 Å². The number of benzene rings is 1. The van der Waals surface area contributed by atoms with E-state index in [9.17, 15) is 0 Å². The van der Waals surface area contributed by atoms with Gasteiger partial charge in [0.2, 0.25) is 0 Å². The van der Waals surface area contributed by atoms with E-state index in [1.807, 2.05) is 24.0 Å². The van der Waals surface area contributed by atoms with Crippen LogP contribution in [0.15, 0.2) is 36.7 Å². The van der Waals surface area contributed by atoms with Gasteiger partial charge >= 0.3 is 0 Å². The first-order valence-electron chi connectivity index (χ1n) is 4.32. The third-order valence-corrected chi connectivity index (χ3v) is 2.13. The van der Waals surface area contributed by atoms with Gasteiger partial charge in [-0.1, -0.05) is 29.8 Å². The van der Waals surface area contributed by atoms with Crippen molar-refractivity contribution < 1.29 is 0 Å². The van der Waals surface area contributed by atoms with Crippen LogP contribution in [-0.4, -0.2) is 9.55 Å². The van der Waals surface area contributed by atoms with Gasteiger partial charge in [-0.3, -0.25) is 0 Å². The third-order valence-electron chi connectivity index (χ3n) is 2.13. The molecular weight excluding hydrogens is 160 g/mol. The molecule has 1 aromatic heterocycles. The monoisotopic (exact) mass is 172 g/mol. The fourth-order valence-electron chi connectivity index (χ4n) is 1.35. The summed E-state index contributed by atoms with van der Waals surface area (Å²) in [6.07, 6.45) is 3.77. The highest BCUT2D eigenvalue weighted by molar-refractivity contribution is 5.55. The van der Waals surface area contributed by atoms with Crippen LogP contribution in [0.2, 0.25) is 0 Å². The van der Waals surface area contributed by atoms with Gasteiger partial charge in [0.05, 0.1) is 0 Å². The van der Waals surface area contributed by atoms with Crippen LogP contribution in [0.4, 0.5) is 0 Å². The van der Waals surface area contributed by atoms with Crippen LogP contribution >= 0.6 is 0 Å². The summed E-state index contributed by atoms with van der Waals surface area (Å²) in [5.74, 6) is 1.01. The molecule has 0 amide bonds. The number of aryl methyl sites for hydroxylation is 2. The molecule has 2 rings (SSSR count). The van der Waals surface area contributed by atoms with E-state index in [2.05, 4.69) is 36.2 Å². The Morgan fingerprint density at radius 1 is 1.15 bits per heavy atom. The lowest BCUT2D eigenvalue weighted by Crippen LogP contribution is -1.90. The van der Waals surface area contributed by atoms with Crippen molar-refractivity contribution in [2.24, 2.45) is 7.05 Å². The molecule has 2 nitrogen and oxygen atoms in total. The van der Waals surface area contributed by atoms with Crippen LogP contribution in [0.3, 0.4) is 0 Å². The zero-order valence-corrected chi connectivity index (χ0v) is 7.86. The highest BCUT2D eigenvalue weighted by Gasteiger charge is 2.00. The Hall–Kier alpha value is -1.57. The fourth-order valence-corrected chi connectivity index (χ4v) is 1.35. The predicted molar refractivity (Wildman–Crippen MR) is 53.4 cm³/mol. The quantitative estimate of drug-likeness (QED) is 0.645. The lowest BCUT2D eigenvalue weighted by molar-refractivity contribution is 0.925. The summed E-state index contributed by atoms with van der Waals surface area (Å²) < 4.78 is 2.02. The van der Waals surface area contributed by atoms with Crippen LogP contribution in [-0.2, 0) is 7.05 Å². The molecular formula is C11H12N2. The van der Waals surface area contributed by atoms with Crippen molar-refractivity contribution in [3.63, 3.8) is 0 Å². The minimum Gasteiger partial charge on any atom is -0.334 e. The van der Waals surface area contributed by atoms with Gasteiger partial charge in [0.25, 0.3) is 0 Å². The lowest BCUT2D eigenvalue weighted by atomic mass is 10.1. The molecule has 0 N–H and O–H groups in total. The molecule has 0 saturated carbocycles. The van der Waals surface area contributed by atoms with Gasteiger partial charge in [0.15, 0.2) is 0 Å². The number of aromatic nitrogens is 2. The number of hydrogen-bond donors (Lipinski definition) is 0. The predicted octanol–water partition coefficient (Wildman–Crippen LogP) is 2.40. The van der Waals surface area contributed by atoms with Crippen LogP contribution < -0.4 is 0 Å². The average molecular weight is 172 g/mol. The van der Waals surface area contributed by atoms with Crippen molar-refractivity contribution in [3.8, 4) is 11.4 Å². The summed E-state index contributed by atoms with van der Waals surface area (Å²) in [7, 11) is 2.00. The van der Waals surface area contributed by atoms with Crippen LogP contribution in [0, 0.1) is 6.92 Å². The summed E-state index contributed by atoms with van der Waals surface area (Å²) in [6, 6.07) is 8.39. The van der Waals surface area contributed by atoms with Crippen LogP contribution in [0.5, 0.6) is 0 Å². The molecule has 0 bridgehead atoms. The lowest BCUT2D eigenvalue weighted by Gasteiger charge is -2.01. The molecule has 0 atom stereocenters. The summed E-state index contributed by atoms with van der Waals surface area (Å²) >= 11 is 0. The first-order chi connectivity index (χ1) is 6.27. The van der Waals surface area contributed by atoms with Gasteiger partial charge in [-0.05, 0) is 6.92 Å². The Kier molecular flexibility index (Phi) is 1.89. The summed E-state index contributed by atoms with van der Waals surface area (Å²) in [5.41, 5.74) is 2.44. The minimum atomic E-state index is 1.01. The van der Waals surface area contributed by atoms with Gasteiger partial charge in [0.1, 0.15) is 5.82 Å². The second-order valence-electron chi connectivity index (χ2n) is 3.23. The molecule has 0 aliphatic carbocycles. The maximum Gasteiger partial charge on any atom is 0.139 e. The molecule has 0 aliphatic heterocycles. The first kappa shape index (κ1) is 8.05. The van der Waals surface area contributed by atoms with E-state index in [-0.39, 0.29) is 0 Å². The average Bonchev–Trinajstić information content (AvgIpc) is 2.53.